The van der Waals surface area contributed by atoms with Gasteiger partial charge in [-0.2, -0.15) is 0 Å². The molecule has 1 aromatic rings. The summed E-state index contributed by atoms with van der Waals surface area (Å²) in [6, 6.07) is 8.56. The smallest absolute Gasteiger partial charge is 0.123 e. The highest BCUT2D eigenvalue weighted by molar-refractivity contribution is 5.66. The molecule has 18 heavy (non-hydrogen) atoms. The molecule has 1 nitrogen and oxygen atoms in total. The summed E-state index contributed by atoms with van der Waals surface area (Å²) in [5, 5.41) is 0. The summed E-state index contributed by atoms with van der Waals surface area (Å²) in [7, 11) is 0. The van der Waals surface area contributed by atoms with E-state index in [0.29, 0.717) is 0 Å². The Kier molecular flexibility index (Phi) is 6.18. The van der Waals surface area contributed by atoms with Crippen LogP contribution in [0.1, 0.15) is 51.2 Å². The first-order valence-corrected chi connectivity index (χ1v) is 6.60. The van der Waals surface area contributed by atoms with Crippen LogP contribution in [-0.4, -0.2) is 5.94 Å². The molecule has 0 atom stereocenters. The summed E-state index contributed by atoms with van der Waals surface area (Å²) in [4.78, 5) is 10.4. The standard InChI is InChI=1S/C17H22O/c1-4-15(3)17-12-8-7-11-16(17)10-6-5-9-14(2)13-18/h4,7-8,11-12H,5-6,9-10H2,1-3H3/b15-4+. The van der Waals surface area contributed by atoms with Crippen LogP contribution in [0.25, 0.3) is 5.57 Å². The van der Waals surface area contributed by atoms with E-state index in [1.54, 1.807) is 0 Å². The van der Waals surface area contributed by atoms with Gasteiger partial charge in [-0.3, -0.25) is 0 Å². The van der Waals surface area contributed by atoms with Crippen molar-refractivity contribution >= 4 is 11.5 Å². The number of unbranched alkanes of at least 4 members (excludes halogenated alkanes) is 1. The fraction of sp³-hybridized carbons (Fsp3) is 0.412. The largest absolute Gasteiger partial charge is 0.234 e. The summed E-state index contributed by atoms with van der Waals surface area (Å²) in [6.45, 7) is 6.08. The summed E-state index contributed by atoms with van der Waals surface area (Å²) in [5.41, 5.74) is 4.91. The Morgan fingerprint density at radius 1 is 1.22 bits per heavy atom. The highest BCUT2D eigenvalue weighted by Gasteiger charge is 2.03. The van der Waals surface area contributed by atoms with Crippen LogP contribution in [0.15, 0.2) is 35.9 Å². The molecule has 0 radical (unpaired) electrons. The Morgan fingerprint density at radius 3 is 2.61 bits per heavy atom. The summed E-state index contributed by atoms with van der Waals surface area (Å²) >= 11 is 0. The molecular formula is C17H22O. The summed E-state index contributed by atoms with van der Waals surface area (Å²) < 4.78 is 0. The zero-order chi connectivity index (χ0) is 13.4. The van der Waals surface area contributed by atoms with Crippen molar-refractivity contribution in [2.45, 2.75) is 46.5 Å². The minimum Gasteiger partial charge on any atom is -0.234 e. The number of allylic oxidation sites excluding steroid dienone is 3. The van der Waals surface area contributed by atoms with Gasteiger partial charge in [0.1, 0.15) is 5.94 Å². The van der Waals surface area contributed by atoms with Crippen molar-refractivity contribution in [1.82, 2.24) is 0 Å². The Bertz CT molecular complexity index is 462. The van der Waals surface area contributed by atoms with Crippen LogP contribution in [0.4, 0.5) is 0 Å². The molecule has 0 aromatic heterocycles. The quantitative estimate of drug-likeness (QED) is 0.526. The third-order valence-corrected chi connectivity index (χ3v) is 3.30. The molecular weight excluding hydrogens is 220 g/mol. The first kappa shape index (κ1) is 14.5. The molecule has 0 saturated heterocycles. The SMILES string of the molecule is C/C=C(\C)c1ccccc1CCCCC(C)=C=O. The molecule has 1 heteroatoms. The van der Waals surface area contributed by atoms with Gasteiger partial charge in [-0.05, 0) is 63.2 Å². The zero-order valence-electron chi connectivity index (χ0n) is 11.6. The predicted molar refractivity (Wildman–Crippen MR) is 78.2 cm³/mol. The van der Waals surface area contributed by atoms with E-state index < -0.39 is 0 Å². The Hall–Kier alpha value is -1.59. The van der Waals surface area contributed by atoms with Crippen molar-refractivity contribution in [3.8, 4) is 0 Å². The second kappa shape index (κ2) is 7.68. The number of carbonyl (C=O) groups excluding carboxylic acids is 1. The van der Waals surface area contributed by atoms with E-state index in [-0.39, 0.29) is 0 Å². The molecule has 0 saturated carbocycles. The van der Waals surface area contributed by atoms with Gasteiger partial charge in [0, 0.05) is 5.57 Å². The van der Waals surface area contributed by atoms with Crippen LogP contribution in [0.5, 0.6) is 0 Å². The topological polar surface area (TPSA) is 17.1 Å². The summed E-state index contributed by atoms with van der Waals surface area (Å²) in [5.74, 6) is 1.96. The third kappa shape index (κ3) is 4.35. The minimum atomic E-state index is 0.827. The predicted octanol–water partition coefficient (Wildman–Crippen LogP) is 4.60. The highest BCUT2D eigenvalue weighted by Crippen LogP contribution is 2.20. The van der Waals surface area contributed by atoms with Gasteiger partial charge >= 0.3 is 0 Å². The zero-order valence-corrected chi connectivity index (χ0v) is 11.6. The average Bonchev–Trinajstić information content (AvgIpc) is 2.42. The molecule has 0 bridgehead atoms. The van der Waals surface area contributed by atoms with Gasteiger partial charge in [0.15, 0.2) is 0 Å². The molecule has 0 aliphatic carbocycles. The van der Waals surface area contributed by atoms with Gasteiger partial charge in [-0.15, -0.1) is 0 Å². The Balaban J connectivity index is 2.60. The number of rotatable bonds is 6. The average molecular weight is 242 g/mol. The van der Waals surface area contributed by atoms with Gasteiger partial charge in [-0.25, -0.2) is 4.79 Å². The second-order valence-corrected chi connectivity index (χ2v) is 4.72. The molecule has 0 unspecified atom stereocenters. The van der Waals surface area contributed by atoms with Crippen molar-refractivity contribution in [3.63, 3.8) is 0 Å². The van der Waals surface area contributed by atoms with Crippen LogP contribution in [0, 0.1) is 0 Å². The van der Waals surface area contributed by atoms with Gasteiger partial charge in [-0.1, -0.05) is 30.3 Å². The first-order valence-electron chi connectivity index (χ1n) is 6.60. The van der Waals surface area contributed by atoms with Gasteiger partial charge in [0.05, 0.1) is 0 Å². The maximum Gasteiger partial charge on any atom is 0.123 e. The molecule has 0 aliphatic heterocycles. The Morgan fingerprint density at radius 2 is 1.94 bits per heavy atom. The van der Waals surface area contributed by atoms with Crippen LogP contribution < -0.4 is 0 Å². The second-order valence-electron chi connectivity index (χ2n) is 4.72. The third-order valence-electron chi connectivity index (χ3n) is 3.30. The summed E-state index contributed by atoms with van der Waals surface area (Å²) in [6.07, 6.45) is 6.27. The van der Waals surface area contributed by atoms with Crippen LogP contribution in [-0.2, 0) is 11.2 Å². The molecule has 0 aliphatic rings. The molecule has 0 spiro atoms. The van der Waals surface area contributed by atoms with Gasteiger partial charge in [0.2, 0.25) is 0 Å². The molecule has 0 heterocycles. The van der Waals surface area contributed by atoms with Gasteiger partial charge < -0.3 is 0 Å². The minimum absolute atomic E-state index is 0.827. The van der Waals surface area contributed by atoms with E-state index in [2.05, 4.69) is 44.2 Å². The molecule has 1 rings (SSSR count). The maximum atomic E-state index is 10.4. The number of hydrogen-bond donors (Lipinski definition) is 0. The first-order chi connectivity index (χ1) is 8.69. The number of aryl methyl sites for hydroxylation is 1. The van der Waals surface area contributed by atoms with Crippen LogP contribution in [0.3, 0.4) is 0 Å². The lowest BCUT2D eigenvalue weighted by molar-refractivity contribution is 0.565. The lowest BCUT2D eigenvalue weighted by Gasteiger charge is -2.09. The van der Waals surface area contributed by atoms with Crippen molar-refractivity contribution in [2.24, 2.45) is 0 Å². The molecule has 0 amide bonds. The molecule has 0 N–H and O–H groups in total. The van der Waals surface area contributed by atoms with Crippen LogP contribution in [0.2, 0.25) is 0 Å². The van der Waals surface area contributed by atoms with Crippen molar-refractivity contribution in [3.05, 3.63) is 47.0 Å². The van der Waals surface area contributed by atoms with Crippen molar-refractivity contribution < 1.29 is 4.79 Å². The van der Waals surface area contributed by atoms with E-state index in [0.717, 1.165) is 31.3 Å². The Labute approximate surface area is 110 Å². The monoisotopic (exact) mass is 242 g/mol. The molecule has 1 aromatic carbocycles. The fourth-order valence-electron chi connectivity index (χ4n) is 2.04. The van der Waals surface area contributed by atoms with E-state index in [1.165, 1.54) is 16.7 Å². The normalized spacial score (nSPS) is 11.2. The van der Waals surface area contributed by atoms with E-state index in [9.17, 15) is 4.79 Å². The number of benzene rings is 1. The highest BCUT2D eigenvalue weighted by atomic mass is 16.1. The number of hydrogen-bond acceptors (Lipinski definition) is 1. The van der Waals surface area contributed by atoms with Gasteiger partial charge in [0.25, 0.3) is 0 Å². The molecule has 96 valence electrons. The fourth-order valence-corrected chi connectivity index (χ4v) is 2.04. The maximum absolute atomic E-state index is 10.4. The van der Waals surface area contributed by atoms with E-state index in [1.807, 2.05) is 12.9 Å². The van der Waals surface area contributed by atoms with Crippen molar-refractivity contribution in [1.29, 1.82) is 0 Å². The molecule has 0 fully saturated rings. The lowest BCUT2D eigenvalue weighted by Crippen LogP contribution is -1.93. The van der Waals surface area contributed by atoms with Crippen molar-refractivity contribution in [2.75, 3.05) is 0 Å². The van der Waals surface area contributed by atoms with E-state index in [4.69, 9.17) is 0 Å². The van der Waals surface area contributed by atoms with Crippen LogP contribution >= 0.6 is 0 Å². The lowest BCUT2D eigenvalue weighted by atomic mass is 9.96. The van der Waals surface area contributed by atoms with E-state index >= 15 is 0 Å².